The molecule has 0 fully saturated rings. The molecule has 25 heavy (non-hydrogen) atoms. The lowest BCUT2D eigenvalue weighted by molar-refractivity contribution is 0.0944. The number of hydrogen-bond donors (Lipinski definition) is 2. The minimum absolute atomic E-state index is 0.0217. The van der Waals surface area contributed by atoms with Gasteiger partial charge in [-0.15, -0.1) is 4.83 Å². The quantitative estimate of drug-likeness (QED) is 0.728. The van der Waals surface area contributed by atoms with Crippen LogP contribution in [0.15, 0.2) is 47.4 Å². The Balaban J connectivity index is 2.05. The summed E-state index contributed by atoms with van der Waals surface area (Å²) in [6.45, 7) is 2.27. The van der Waals surface area contributed by atoms with E-state index in [0.717, 1.165) is 6.07 Å². The molecule has 0 bridgehead atoms. The number of sulfonamides is 1. The summed E-state index contributed by atoms with van der Waals surface area (Å²) in [5, 5.41) is 0. The molecule has 2 rings (SSSR count). The standard InChI is InChI=1S/C16H17FN2O5S/c1-3-24-12-5-7-13(8-6-12)25(21,22)19-18-16(20)11-4-9-15(23-2)14(17)10-11/h4-10,19H,3H2,1-2H3,(H,18,20). The maximum Gasteiger partial charge on any atom is 0.266 e. The number of rotatable bonds is 7. The summed E-state index contributed by atoms with van der Waals surface area (Å²) < 4.78 is 47.9. The average Bonchev–Trinajstić information content (AvgIpc) is 2.60. The van der Waals surface area contributed by atoms with Crippen molar-refractivity contribution in [2.24, 2.45) is 0 Å². The fourth-order valence-corrected chi connectivity index (χ4v) is 2.77. The van der Waals surface area contributed by atoms with E-state index in [1.165, 1.54) is 43.5 Å². The van der Waals surface area contributed by atoms with Crippen LogP contribution in [0.5, 0.6) is 11.5 Å². The number of ether oxygens (including phenoxy) is 2. The van der Waals surface area contributed by atoms with E-state index in [4.69, 9.17) is 9.47 Å². The van der Waals surface area contributed by atoms with E-state index in [1.54, 1.807) is 0 Å². The van der Waals surface area contributed by atoms with Gasteiger partial charge in [-0.3, -0.25) is 10.2 Å². The number of methoxy groups -OCH3 is 1. The van der Waals surface area contributed by atoms with Gasteiger partial charge in [-0.25, -0.2) is 12.8 Å². The number of carbonyl (C=O) groups excluding carboxylic acids is 1. The molecule has 0 spiro atoms. The molecule has 0 heterocycles. The molecule has 0 saturated heterocycles. The predicted octanol–water partition coefficient (Wildman–Crippen LogP) is 1.86. The van der Waals surface area contributed by atoms with Crippen molar-refractivity contribution in [1.82, 2.24) is 10.3 Å². The molecule has 0 aliphatic rings. The zero-order valence-corrected chi connectivity index (χ0v) is 14.4. The Labute approximate surface area is 144 Å². The maximum absolute atomic E-state index is 13.6. The van der Waals surface area contributed by atoms with E-state index in [0.29, 0.717) is 12.4 Å². The second-order valence-corrected chi connectivity index (χ2v) is 6.50. The summed E-state index contributed by atoms with van der Waals surface area (Å²) >= 11 is 0. The van der Waals surface area contributed by atoms with Gasteiger partial charge in [0.05, 0.1) is 18.6 Å². The monoisotopic (exact) mass is 368 g/mol. The van der Waals surface area contributed by atoms with Crippen LogP contribution < -0.4 is 19.7 Å². The lowest BCUT2D eigenvalue weighted by Crippen LogP contribution is -2.41. The first-order chi connectivity index (χ1) is 11.9. The van der Waals surface area contributed by atoms with Gasteiger partial charge >= 0.3 is 0 Å². The molecule has 0 aliphatic carbocycles. The molecule has 2 N–H and O–H groups in total. The third-order valence-corrected chi connectivity index (χ3v) is 4.42. The van der Waals surface area contributed by atoms with Crippen LogP contribution in [0.4, 0.5) is 4.39 Å². The van der Waals surface area contributed by atoms with E-state index in [1.807, 2.05) is 17.2 Å². The van der Waals surface area contributed by atoms with Gasteiger partial charge in [0.15, 0.2) is 11.6 Å². The molecule has 0 radical (unpaired) electrons. The largest absolute Gasteiger partial charge is 0.494 e. The molecule has 1 amide bonds. The van der Waals surface area contributed by atoms with Gasteiger partial charge in [-0.1, -0.05) is 0 Å². The highest BCUT2D eigenvalue weighted by molar-refractivity contribution is 7.89. The SMILES string of the molecule is CCOc1ccc(S(=O)(=O)NNC(=O)c2ccc(OC)c(F)c2)cc1. The minimum atomic E-state index is -3.97. The van der Waals surface area contributed by atoms with Crippen LogP contribution in [0.2, 0.25) is 0 Å². The van der Waals surface area contributed by atoms with Crippen LogP contribution in [-0.4, -0.2) is 28.0 Å². The number of hydrazine groups is 1. The second-order valence-electron chi connectivity index (χ2n) is 4.81. The fraction of sp³-hybridized carbons (Fsp3) is 0.188. The van der Waals surface area contributed by atoms with Crippen LogP contribution in [0.1, 0.15) is 17.3 Å². The van der Waals surface area contributed by atoms with E-state index < -0.39 is 21.7 Å². The number of amides is 1. The summed E-state index contributed by atoms with van der Waals surface area (Å²) in [5.74, 6) is -1.04. The first-order valence-corrected chi connectivity index (χ1v) is 8.74. The lowest BCUT2D eigenvalue weighted by Gasteiger charge is -2.10. The van der Waals surface area contributed by atoms with E-state index in [-0.39, 0.29) is 16.2 Å². The molecule has 0 aromatic heterocycles. The third-order valence-electron chi connectivity index (χ3n) is 3.16. The van der Waals surface area contributed by atoms with Crippen molar-refractivity contribution in [3.63, 3.8) is 0 Å². The van der Waals surface area contributed by atoms with Gasteiger partial charge in [0, 0.05) is 5.56 Å². The molecule has 2 aromatic rings. The van der Waals surface area contributed by atoms with Crippen LogP contribution >= 0.6 is 0 Å². The summed E-state index contributed by atoms with van der Waals surface area (Å²) in [4.78, 5) is 13.8. The molecule has 2 aromatic carbocycles. The zero-order chi connectivity index (χ0) is 18.4. The number of nitrogens with one attached hydrogen (secondary N) is 2. The molecular weight excluding hydrogens is 351 g/mol. The highest BCUT2D eigenvalue weighted by atomic mass is 32.2. The molecule has 0 unspecified atom stereocenters. The zero-order valence-electron chi connectivity index (χ0n) is 13.6. The van der Waals surface area contributed by atoms with Crippen molar-refractivity contribution >= 4 is 15.9 Å². The number of benzene rings is 2. The van der Waals surface area contributed by atoms with Crippen molar-refractivity contribution < 1.29 is 27.1 Å². The van der Waals surface area contributed by atoms with E-state index in [2.05, 4.69) is 0 Å². The highest BCUT2D eigenvalue weighted by Gasteiger charge is 2.16. The normalized spacial score (nSPS) is 11.0. The fourth-order valence-electron chi connectivity index (χ4n) is 1.93. The Hall–Kier alpha value is -2.65. The molecule has 0 saturated carbocycles. The predicted molar refractivity (Wildman–Crippen MR) is 88.4 cm³/mol. The Kier molecular flexibility index (Phi) is 5.94. The van der Waals surface area contributed by atoms with Gasteiger partial charge in [-0.2, -0.15) is 0 Å². The Bertz CT molecular complexity index is 853. The molecule has 9 heteroatoms. The minimum Gasteiger partial charge on any atom is -0.494 e. The van der Waals surface area contributed by atoms with Crippen LogP contribution in [0.3, 0.4) is 0 Å². The molecule has 0 aliphatic heterocycles. The van der Waals surface area contributed by atoms with Crippen LogP contribution in [-0.2, 0) is 10.0 Å². The number of halogens is 1. The van der Waals surface area contributed by atoms with Crippen molar-refractivity contribution in [2.75, 3.05) is 13.7 Å². The Morgan fingerprint density at radius 2 is 1.84 bits per heavy atom. The van der Waals surface area contributed by atoms with Crippen molar-refractivity contribution in [2.45, 2.75) is 11.8 Å². The maximum atomic E-state index is 13.6. The topological polar surface area (TPSA) is 93.7 Å². The third kappa shape index (κ3) is 4.68. The molecule has 7 nitrogen and oxygen atoms in total. The van der Waals surface area contributed by atoms with E-state index in [9.17, 15) is 17.6 Å². The summed E-state index contributed by atoms with van der Waals surface area (Å²) in [6, 6.07) is 9.20. The van der Waals surface area contributed by atoms with Gasteiger partial charge in [0.2, 0.25) is 0 Å². The first-order valence-electron chi connectivity index (χ1n) is 7.26. The van der Waals surface area contributed by atoms with Crippen LogP contribution in [0, 0.1) is 5.82 Å². The highest BCUT2D eigenvalue weighted by Crippen LogP contribution is 2.18. The Morgan fingerprint density at radius 3 is 2.40 bits per heavy atom. The number of hydrogen-bond acceptors (Lipinski definition) is 5. The van der Waals surface area contributed by atoms with Gasteiger partial charge < -0.3 is 9.47 Å². The average molecular weight is 368 g/mol. The van der Waals surface area contributed by atoms with Crippen molar-refractivity contribution in [1.29, 1.82) is 0 Å². The second kappa shape index (κ2) is 7.95. The summed E-state index contributed by atoms with van der Waals surface area (Å²) in [7, 11) is -2.68. The lowest BCUT2D eigenvalue weighted by atomic mass is 10.2. The molecule has 134 valence electrons. The van der Waals surface area contributed by atoms with Gasteiger partial charge in [0.25, 0.3) is 15.9 Å². The van der Waals surface area contributed by atoms with E-state index >= 15 is 0 Å². The van der Waals surface area contributed by atoms with Crippen molar-refractivity contribution in [3.05, 3.63) is 53.8 Å². The first kappa shape index (κ1) is 18.7. The Morgan fingerprint density at radius 1 is 1.16 bits per heavy atom. The van der Waals surface area contributed by atoms with Gasteiger partial charge in [-0.05, 0) is 49.4 Å². The van der Waals surface area contributed by atoms with Crippen molar-refractivity contribution in [3.8, 4) is 11.5 Å². The summed E-state index contributed by atoms with van der Waals surface area (Å²) in [6.07, 6.45) is 0. The summed E-state index contributed by atoms with van der Waals surface area (Å²) in [5.41, 5.74) is 1.96. The van der Waals surface area contributed by atoms with Crippen LogP contribution in [0.25, 0.3) is 0 Å². The molecule has 0 atom stereocenters. The molecular formula is C16H17FN2O5S. The smallest absolute Gasteiger partial charge is 0.266 e. The van der Waals surface area contributed by atoms with Gasteiger partial charge in [0.1, 0.15) is 5.75 Å². The number of carbonyl (C=O) groups is 1.